The van der Waals surface area contributed by atoms with E-state index in [4.69, 9.17) is 32.8 Å². The third kappa shape index (κ3) is 8.46. The number of phenolic OH excluding ortho intramolecular Hbond substituents is 3. The zero-order chi connectivity index (χ0) is 41.3. The lowest BCUT2D eigenvalue weighted by atomic mass is 9.96. The molecule has 0 aliphatic carbocycles. The number of aliphatic hydroxyl groups excluding tert-OH is 4. The Morgan fingerprint density at radius 2 is 1.37 bits per heavy atom. The van der Waals surface area contributed by atoms with Gasteiger partial charge in [0.05, 0.1) is 7.11 Å². The first-order chi connectivity index (χ1) is 27.1. The second kappa shape index (κ2) is 16.5. The molecule has 3 aromatic carbocycles. The van der Waals surface area contributed by atoms with Crippen LogP contribution in [0.3, 0.4) is 0 Å². The average Bonchev–Trinajstić information content (AvgIpc) is 3.16. The summed E-state index contributed by atoms with van der Waals surface area (Å²) >= 11 is 0. The van der Waals surface area contributed by atoms with E-state index in [2.05, 4.69) is 0 Å². The second-order valence-electron chi connectivity index (χ2n) is 12.7. The Labute approximate surface area is 319 Å². The van der Waals surface area contributed by atoms with E-state index >= 15 is 0 Å². The molecule has 1 aromatic heterocycles. The molecule has 2 fully saturated rings. The van der Waals surface area contributed by atoms with Gasteiger partial charge in [0.2, 0.25) is 6.29 Å². The van der Waals surface area contributed by atoms with E-state index < -0.39 is 90.5 Å². The Hall–Kier alpha value is -6.26. The zero-order valence-electron chi connectivity index (χ0n) is 29.2. The molecule has 10 atom stereocenters. The lowest BCUT2D eigenvalue weighted by Crippen LogP contribution is -2.66. The van der Waals surface area contributed by atoms with E-state index in [-0.39, 0.29) is 45.3 Å². The summed E-state index contributed by atoms with van der Waals surface area (Å²) in [5.41, 5.74) is -0.117. The number of ether oxygens (including phenoxy) is 6. The van der Waals surface area contributed by atoms with Gasteiger partial charge in [-0.2, -0.15) is 0 Å². The standard InChI is InChI=1S/C37H34O20/c1-51-22-10-14(2-8-18(22)39)3-9-24(42)54-32-28(45)26(43)31(35(49)50)56-37(32)57-33-29(46)27(44)30(34(47)48)55-36(33)52-17-6-4-15(5-7-17)21-13-20(41)25-19(40)11-16(38)12-23(25)53-21/h2-13,26-33,36-40,43-46H,1H3,(H,47,48)(H,49,50)/b9-3+/t26-,27+,28+,29+,30-,31+,32-,33-,36-,37+/m1/s1. The number of phenols is 3. The van der Waals surface area contributed by atoms with E-state index in [0.29, 0.717) is 5.56 Å². The third-order valence-corrected chi connectivity index (χ3v) is 8.92. The molecule has 9 N–H and O–H groups in total. The minimum atomic E-state index is -2.19. The largest absolute Gasteiger partial charge is 0.508 e. The molecule has 6 rings (SSSR count). The number of benzene rings is 3. The lowest BCUT2D eigenvalue weighted by molar-refractivity contribution is -0.350. The minimum absolute atomic E-state index is 0.00469. The van der Waals surface area contributed by atoms with Crippen LogP contribution in [0, 0.1) is 0 Å². The topological polar surface area (TPSA) is 319 Å². The smallest absolute Gasteiger partial charge is 0.335 e. The number of carboxylic acid groups (broad SMARTS) is 2. The highest BCUT2D eigenvalue weighted by Crippen LogP contribution is 2.34. The maximum absolute atomic E-state index is 12.9. The number of hydrogen-bond donors (Lipinski definition) is 9. The molecular weight excluding hydrogens is 764 g/mol. The number of aliphatic carboxylic acids is 2. The number of aromatic hydroxyl groups is 3. The van der Waals surface area contributed by atoms with Crippen molar-refractivity contribution in [3.63, 3.8) is 0 Å². The maximum Gasteiger partial charge on any atom is 0.335 e. The Morgan fingerprint density at radius 3 is 2.00 bits per heavy atom. The van der Waals surface area contributed by atoms with Crippen LogP contribution in [0.4, 0.5) is 0 Å². The number of rotatable bonds is 11. The summed E-state index contributed by atoms with van der Waals surface area (Å²) in [6, 6.07) is 12.6. The molecule has 0 radical (unpaired) electrons. The van der Waals surface area contributed by atoms with Gasteiger partial charge in [-0.05, 0) is 48.0 Å². The van der Waals surface area contributed by atoms with E-state index in [1.807, 2.05) is 0 Å². The molecule has 0 unspecified atom stereocenters. The van der Waals surface area contributed by atoms with Gasteiger partial charge < -0.3 is 78.8 Å². The van der Waals surface area contributed by atoms with Crippen molar-refractivity contribution in [2.24, 2.45) is 0 Å². The van der Waals surface area contributed by atoms with Gasteiger partial charge >= 0.3 is 17.9 Å². The third-order valence-electron chi connectivity index (χ3n) is 8.92. The van der Waals surface area contributed by atoms with Gasteiger partial charge in [0, 0.05) is 29.8 Å². The average molecular weight is 799 g/mol. The number of aliphatic hydroxyl groups is 4. The first-order valence-corrected chi connectivity index (χ1v) is 16.7. The van der Waals surface area contributed by atoms with Gasteiger partial charge in [-0.1, -0.05) is 6.07 Å². The summed E-state index contributed by atoms with van der Waals surface area (Å²) in [4.78, 5) is 49.6. The fourth-order valence-corrected chi connectivity index (χ4v) is 6.08. The highest BCUT2D eigenvalue weighted by Gasteiger charge is 2.55. The molecular formula is C37H34O20. The van der Waals surface area contributed by atoms with Gasteiger partial charge in [0.1, 0.15) is 58.4 Å². The van der Waals surface area contributed by atoms with Gasteiger partial charge in [-0.15, -0.1) is 0 Å². The van der Waals surface area contributed by atoms with Crippen LogP contribution in [0.15, 0.2) is 76.0 Å². The first kappa shape index (κ1) is 40.4. The molecule has 20 heteroatoms. The highest BCUT2D eigenvalue weighted by atomic mass is 16.8. The lowest BCUT2D eigenvalue weighted by Gasteiger charge is -2.45. The number of fused-ring (bicyclic) bond motifs is 1. The quantitative estimate of drug-likeness (QED) is 0.0714. The molecule has 57 heavy (non-hydrogen) atoms. The van der Waals surface area contributed by atoms with Crippen molar-refractivity contribution in [1.82, 2.24) is 0 Å². The van der Waals surface area contributed by atoms with Crippen molar-refractivity contribution in [1.29, 1.82) is 0 Å². The van der Waals surface area contributed by atoms with E-state index in [9.17, 15) is 65.1 Å². The van der Waals surface area contributed by atoms with Gasteiger partial charge in [0.25, 0.3) is 0 Å². The summed E-state index contributed by atoms with van der Waals surface area (Å²) < 4.78 is 38.4. The van der Waals surface area contributed by atoms with E-state index in [0.717, 1.165) is 24.3 Å². The number of carboxylic acids is 2. The predicted octanol–water partition coefficient (Wildman–Crippen LogP) is 0.0372. The summed E-state index contributed by atoms with van der Waals surface area (Å²) in [5, 5.41) is 92.2. The number of carbonyl (C=O) groups is 3. The van der Waals surface area contributed by atoms with E-state index in [1.54, 1.807) is 0 Å². The summed E-state index contributed by atoms with van der Waals surface area (Å²) in [6.45, 7) is 0. The Balaban J connectivity index is 1.27. The molecule has 0 amide bonds. The molecule has 0 saturated carbocycles. The zero-order valence-corrected chi connectivity index (χ0v) is 29.2. The number of carbonyl (C=O) groups excluding carboxylic acids is 1. The minimum Gasteiger partial charge on any atom is -0.508 e. The molecule has 0 bridgehead atoms. The molecule has 0 spiro atoms. The summed E-state index contributed by atoms with van der Waals surface area (Å²) in [5.74, 6) is -5.75. The van der Waals surface area contributed by atoms with Gasteiger partial charge in [-0.25, -0.2) is 14.4 Å². The molecule has 4 aromatic rings. The van der Waals surface area contributed by atoms with Crippen LogP contribution in [-0.2, 0) is 33.3 Å². The molecule has 2 aliphatic heterocycles. The summed E-state index contributed by atoms with van der Waals surface area (Å²) in [7, 11) is 1.30. The number of esters is 1. The van der Waals surface area contributed by atoms with Crippen LogP contribution in [-0.4, -0.2) is 132 Å². The monoisotopic (exact) mass is 798 g/mol. The Morgan fingerprint density at radius 1 is 0.737 bits per heavy atom. The predicted molar refractivity (Wildman–Crippen MR) is 187 cm³/mol. The first-order valence-electron chi connectivity index (χ1n) is 16.7. The van der Waals surface area contributed by atoms with Crippen LogP contribution in [0.1, 0.15) is 5.56 Å². The van der Waals surface area contributed by atoms with Crippen LogP contribution < -0.4 is 14.9 Å². The van der Waals surface area contributed by atoms with Gasteiger partial charge in [0.15, 0.2) is 47.6 Å². The van der Waals surface area contributed by atoms with Crippen LogP contribution in [0.5, 0.6) is 28.7 Å². The van der Waals surface area contributed by atoms with Gasteiger partial charge in [-0.3, -0.25) is 4.79 Å². The summed E-state index contributed by atoms with van der Waals surface area (Å²) in [6.07, 6.45) is -19.0. The van der Waals surface area contributed by atoms with Crippen molar-refractivity contribution in [2.75, 3.05) is 7.11 Å². The highest BCUT2D eigenvalue weighted by molar-refractivity contribution is 5.87. The van der Waals surface area contributed by atoms with E-state index in [1.165, 1.54) is 55.7 Å². The van der Waals surface area contributed by atoms with Crippen molar-refractivity contribution in [2.45, 2.75) is 61.4 Å². The molecule has 20 nitrogen and oxygen atoms in total. The normalized spacial score (nSPS) is 27.5. The van der Waals surface area contributed by atoms with Crippen molar-refractivity contribution in [3.05, 3.63) is 82.5 Å². The van der Waals surface area contributed by atoms with Crippen LogP contribution in [0.2, 0.25) is 0 Å². The SMILES string of the molecule is COc1cc(/C=C/C(=O)O[C@H]2[C@H](O[C@H]3[C@H](Oc4ccc(-c5cc(=O)c6c(O)cc(O)cc6o5)cc4)O[C@@H](C(=O)O)[C@@H](O)[C@@H]3O)O[C@H](C(=O)O)[C@H](O)[C@@H]2O)ccc1O. The van der Waals surface area contributed by atoms with Crippen LogP contribution >= 0.6 is 0 Å². The van der Waals surface area contributed by atoms with Crippen LogP contribution in [0.25, 0.3) is 28.4 Å². The fourth-order valence-electron chi connectivity index (χ4n) is 6.08. The Kier molecular flexibility index (Phi) is 11.7. The molecule has 2 aliphatic rings. The van der Waals surface area contributed by atoms with Crippen molar-refractivity contribution >= 4 is 35.0 Å². The number of methoxy groups -OCH3 is 1. The molecule has 302 valence electrons. The van der Waals surface area contributed by atoms with Crippen molar-refractivity contribution < 1.29 is 93.2 Å². The fraction of sp³-hybridized carbons (Fsp3) is 0.297. The van der Waals surface area contributed by atoms with Crippen molar-refractivity contribution in [3.8, 4) is 40.1 Å². The maximum atomic E-state index is 12.9. The second-order valence-corrected chi connectivity index (χ2v) is 12.7. The number of hydrogen-bond acceptors (Lipinski definition) is 18. The Bertz CT molecular complexity index is 2230. The molecule has 3 heterocycles. The molecule has 2 saturated heterocycles.